The van der Waals surface area contributed by atoms with Crippen molar-refractivity contribution in [2.45, 2.75) is 135 Å². The number of nitrogens with one attached hydrogen (secondary N) is 3. The number of allylic oxidation sites excluding steroid dienone is 4. The Morgan fingerprint density at radius 2 is 1.79 bits per heavy atom. The Kier molecular flexibility index (Phi) is 14.5. The van der Waals surface area contributed by atoms with Crippen LogP contribution in [0.25, 0.3) is 0 Å². The van der Waals surface area contributed by atoms with Crippen LogP contribution in [0.4, 0.5) is 0 Å². The van der Waals surface area contributed by atoms with Gasteiger partial charge in [0, 0.05) is 34.8 Å². The molecule has 14 nitrogen and oxygen atoms in total. The van der Waals surface area contributed by atoms with Crippen LogP contribution in [0.3, 0.4) is 0 Å². The molecule has 7 rings (SSSR count). The Bertz CT molecular complexity index is 1990. The van der Waals surface area contributed by atoms with E-state index in [1.807, 2.05) is 51.1 Å². The Hall–Kier alpha value is -3.76. The van der Waals surface area contributed by atoms with Gasteiger partial charge in [-0.1, -0.05) is 86.0 Å². The Morgan fingerprint density at radius 3 is 2.51 bits per heavy atom. The number of Topliss-reactive ketones (excluding diaryl/α,β-unsaturated/α-hetero) is 1. The number of aliphatic hydroxyl groups excluding tert-OH is 2. The highest BCUT2D eigenvalue weighted by atomic mass is 79.9. The molecule has 344 valence electrons. The molecule has 2 unspecified atom stereocenters. The molecule has 0 bridgehead atoms. The predicted molar refractivity (Wildman–Crippen MR) is 235 cm³/mol. The van der Waals surface area contributed by atoms with E-state index in [0.717, 1.165) is 61.6 Å². The van der Waals surface area contributed by atoms with E-state index in [1.165, 1.54) is 0 Å². The molecule has 63 heavy (non-hydrogen) atoms. The Labute approximate surface area is 378 Å². The van der Waals surface area contributed by atoms with E-state index < -0.39 is 65.2 Å². The van der Waals surface area contributed by atoms with Crippen LogP contribution in [0, 0.1) is 40.4 Å². The molecule has 5 N–H and O–H groups in total. The number of fused-ring (bicyclic) bond motifs is 7. The summed E-state index contributed by atoms with van der Waals surface area (Å²) in [6.07, 6.45) is 9.67. The smallest absolute Gasteiger partial charge is 0.305 e. The number of ketones is 2. The lowest BCUT2D eigenvalue weighted by Gasteiger charge is -2.59. The van der Waals surface area contributed by atoms with E-state index in [1.54, 1.807) is 12.2 Å². The van der Waals surface area contributed by atoms with E-state index in [0.29, 0.717) is 12.8 Å². The summed E-state index contributed by atoms with van der Waals surface area (Å²) >= 11 is 3.05. The van der Waals surface area contributed by atoms with E-state index in [9.17, 15) is 39.0 Å². The number of alkyl halides is 1. The molecule has 12 atom stereocenters. The second-order valence-electron chi connectivity index (χ2n) is 19.7. The third kappa shape index (κ3) is 9.50. The van der Waals surface area contributed by atoms with Gasteiger partial charge in [-0.25, -0.2) is 0 Å². The highest BCUT2D eigenvalue weighted by Crippen LogP contribution is 2.70. The molecular formula is C48H64BrN3O11. The number of amides is 3. The number of carbonyl (C=O) groups excluding carboxylic acids is 6. The third-order valence-electron chi connectivity index (χ3n) is 15.1. The van der Waals surface area contributed by atoms with Crippen molar-refractivity contribution in [1.29, 1.82) is 0 Å². The number of aliphatic hydroxyl groups is 2. The van der Waals surface area contributed by atoms with Gasteiger partial charge in [-0.3, -0.25) is 28.8 Å². The number of ether oxygens (including phenoxy) is 3. The van der Waals surface area contributed by atoms with Crippen molar-refractivity contribution in [2.75, 3.05) is 25.1 Å². The van der Waals surface area contributed by atoms with Gasteiger partial charge < -0.3 is 40.4 Å². The maximum Gasteiger partial charge on any atom is 0.305 e. The SMILES string of the molecule is CC(C)COC(=O)CC[C@H](NC(=O)CNC(=O)CBr)C(=O)NC1CCCC(Cc2ccc([C@@H]3O[C@@H]4C[C@H]5[C@@H]6CCC7=CC(=O)C=C[C@]7(C)[C@H]6[C@@H](O)C[C@]5(C)[C@]4(C(=O)CO)O3)cc2)C1. The van der Waals surface area contributed by atoms with Gasteiger partial charge in [0.1, 0.15) is 12.6 Å². The monoisotopic (exact) mass is 937 g/mol. The van der Waals surface area contributed by atoms with Crippen molar-refractivity contribution < 1.29 is 53.2 Å². The van der Waals surface area contributed by atoms with Crippen molar-refractivity contribution in [3.8, 4) is 0 Å². The lowest BCUT2D eigenvalue weighted by Crippen LogP contribution is -2.63. The average molecular weight is 939 g/mol. The van der Waals surface area contributed by atoms with Gasteiger partial charge in [0.05, 0.1) is 30.7 Å². The minimum absolute atomic E-state index is 0.00417. The molecule has 1 saturated heterocycles. The van der Waals surface area contributed by atoms with Crippen LogP contribution in [0.15, 0.2) is 48.1 Å². The first-order valence-electron chi connectivity index (χ1n) is 22.8. The molecule has 0 spiro atoms. The summed E-state index contributed by atoms with van der Waals surface area (Å²) in [6, 6.07) is 6.87. The van der Waals surface area contributed by atoms with Gasteiger partial charge in [-0.2, -0.15) is 0 Å². The van der Waals surface area contributed by atoms with Crippen LogP contribution in [0.1, 0.15) is 109 Å². The fourth-order valence-corrected chi connectivity index (χ4v) is 12.4. The number of carbonyl (C=O) groups is 6. The molecule has 3 amide bonds. The van der Waals surface area contributed by atoms with Crippen molar-refractivity contribution in [3.05, 3.63) is 59.2 Å². The van der Waals surface area contributed by atoms with Crippen LogP contribution in [-0.2, 0) is 49.4 Å². The second kappa shape index (κ2) is 19.4. The summed E-state index contributed by atoms with van der Waals surface area (Å²) in [5.41, 5.74) is 0.231. The molecule has 4 saturated carbocycles. The normalized spacial score (nSPS) is 34.7. The van der Waals surface area contributed by atoms with Gasteiger partial charge in [-0.15, -0.1) is 0 Å². The number of rotatable bonds is 16. The van der Waals surface area contributed by atoms with Gasteiger partial charge in [0.2, 0.25) is 17.7 Å². The van der Waals surface area contributed by atoms with E-state index in [4.69, 9.17) is 14.2 Å². The van der Waals surface area contributed by atoms with E-state index >= 15 is 0 Å². The topological polar surface area (TPSA) is 207 Å². The van der Waals surface area contributed by atoms with Crippen molar-refractivity contribution in [1.82, 2.24) is 16.0 Å². The quantitative estimate of drug-likeness (QED) is 0.115. The van der Waals surface area contributed by atoms with Crippen LogP contribution in [0.5, 0.6) is 0 Å². The van der Waals surface area contributed by atoms with Crippen molar-refractivity contribution in [3.63, 3.8) is 0 Å². The molecule has 15 heteroatoms. The first-order chi connectivity index (χ1) is 30.0. The highest BCUT2D eigenvalue weighted by molar-refractivity contribution is 9.09. The molecule has 6 aliphatic rings. The van der Waals surface area contributed by atoms with E-state index in [2.05, 4.69) is 38.8 Å². The molecule has 1 aliphatic heterocycles. The third-order valence-corrected chi connectivity index (χ3v) is 15.6. The highest BCUT2D eigenvalue weighted by Gasteiger charge is 2.76. The molecule has 5 aliphatic carbocycles. The average Bonchev–Trinajstić information content (AvgIpc) is 3.76. The summed E-state index contributed by atoms with van der Waals surface area (Å²) in [4.78, 5) is 76.6. The molecule has 0 radical (unpaired) electrons. The van der Waals surface area contributed by atoms with Crippen LogP contribution < -0.4 is 16.0 Å². The van der Waals surface area contributed by atoms with Crippen molar-refractivity contribution in [2.24, 2.45) is 40.4 Å². The zero-order chi connectivity index (χ0) is 45.3. The van der Waals surface area contributed by atoms with Gasteiger partial charge in [0.15, 0.2) is 23.5 Å². The number of halogens is 1. The number of hydrogen-bond donors (Lipinski definition) is 5. The molecule has 1 aromatic rings. The van der Waals surface area contributed by atoms with Crippen LogP contribution in [-0.4, -0.2) is 100 Å². The number of esters is 1. The first kappa shape index (κ1) is 47.2. The molecular weight excluding hydrogens is 874 g/mol. The maximum absolute atomic E-state index is 14.0. The van der Waals surface area contributed by atoms with Gasteiger partial charge >= 0.3 is 5.97 Å². The number of benzene rings is 1. The fraction of sp³-hybridized carbons (Fsp3) is 0.667. The summed E-state index contributed by atoms with van der Waals surface area (Å²) in [5, 5.41) is 30.7. The minimum atomic E-state index is -1.43. The largest absolute Gasteiger partial charge is 0.465 e. The van der Waals surface area contributed by atoms with E-state index in [-0.39, 0.29) is 84.6 Å². The maximum atomic E-state index is 14.0. The second-order valence-corrected chi connectivity index (χ2v) is 20.2. The molecule has 5 fully saturated rings. The first-order valence-corrected chi connectivity index (χ1v) is 23.9. The Morgan fingerprint density at radius 1 is 1.03 bits per heavy atom. The predicted octanol–water partition coefficient (Wildman–Crippen LogP) is 4.48. The zero-order valence-electron chi connectivity index (χ0n) is 36.9. The lowest BCUT2D eigenvalue weighted by molar-refractivity contribution is -0.201. The Balaban J connectivity index is 0.977. The summed E-state index contributed by atoms with van der Waals surface area (Å²) in [6.45, 7) is 7.26. The fourth-order valence-electron chi connectivity index (χ4n) is 12.2. The minimum Gasteiger partial charge on any atom is -0.465 e. The summed E-state index contributed by atoms with van der Waals surface area (Å²) < 4.78 is 18.7. The van der Waals surface area contributed by atoms with Crippen molar-refractivity contribution >= 4 is 51.2 Å². The lowest BCUT2D eigenvalue weighted by atomic mass is 9.46. The standard InChI is InChI=1S/C48H64BrN3O11/c1-27(2)26-61-42(59)15-14-36(52-41(58)24-50-40(57)23-49)44(60)51-32-7-5-6-29(19-32)18-28-8-10-30(11-9-28)45-62-39-21-35-34-13-12-31-20-33(54)16-17-46(31,3)43(34)37(55)22-47(35,4)48(39,63-45)38(56)25-53/h8-11,16-17,20,27,29,32,34-37,39,43,45,53,55H,5-7,12-15,18-19,21-26H2,1-4H3,(H,50,57)(H,51,60)(H,52,58)/t29?,32?,34-,35-,36-,37-,39+,43+,45+,46-,47-,48+/m0/s1. The molecule has 0 aromatic heterocycles. The molecule has 1 aromatic carbocycles. The van der Waals surface area contributed by atoms with Crippen LogP contribution >= 0.6 is 15.9 Å². The van der Waals surface area contributed by atoms with Gasteiger partial charge in [0.25, 0.3) is 0 Å². The van der Waals surface area contributed by atoms with Gasteiger partial charge in [-0.05, 0) is 99.2 Å². The zero-order valence-corrected chi connectivity index (χ0v) is 38.5. The summed E-state index contributed by atoms with van der Waals surface area (Å²) in [7, 11) is 0. The molecule has 1 heterocycles. The summed E-state index contributed by atoms with van der Waals surface area (Å²) in [5.74, 6) is -1.81. The number of hydrogen-bond acceptors (Lipinski definition) is 11. The van der Waals surface area contributed by atoms with Crippen LogP contribution in [0.2, 0.25) is 0 Å².